The molecular formula is C23H22N2O5. The molecule has 0 aliphatic carbocycles. The SMILES string of the molecule is CCOc1ccc(CNC(=O)c2ccc(COc3ccc(C#N)cc3)o2)cc1OC. The van der Waals surface area contributed by atoms with Crippen molar-refractivity contribution in [2.75, 3.05) is 13.7 Å². The molecular weight excluding hydrogens is 384 g/mol. The van der Waals surface area contributed by atoms with Gasteiger partial charge in [0.15, 0.2) is 17.3 Å². The van der Waals surface area contributed by atoms with Crippen LogP contribution in [0.2, 0.25) is 0 Å². The molecule has 0 unspecified atom stereocenters. The van der Waals surface area contributed by atoms with Gasteiger partial charge in [0.1, 0.15) is 18.1 Å². The predicted octanol–water partition coefficient (Wildman–Crippen LogP) is 4.07. The number of rotatable bonds is 9. The maximum atomic E-state index is 12.4. The summed E-state index contributed by atoms with van der Waals surface area (Å²) in [6, 6.07) is 17.6. The van der Waals surface area contributed by atoms with Crippen molar-refractivity contribution in [1.29, 1.82) is 5.26 Å². The monoisotopic (exact) mass is 406 g/mol. The van der Waals surface area contributed by atoms with Crippen LogP contribution in [0.5, 0.6) is 17.2 Å². The molecule has 7 nitrogen and oxygen atoms in total. The van der Waals surface area contributed by atoms with Crippen LogP contribution in [0.15, 0.2) is 59.0 Å². The lowest BCUT2D eigenvalue weighted by Gasteiger charge is -2.11. The summed E-state index contributed by atoms with van der Waals surface area (Å²) < 4.78 is 22.0. The van der Waals surface area contributed by atoms with E-state index in [1.807, 2.05) is 25.1 Å². The van der Waals surface area contributed by atoms with Crippen molar-refractivity contribution in [3.8, 4) is 23.3 Å². The first-order chi connectivity index (χ1) is 14.6. The number of hydrogen-bond donors (Lipinski definition) is 1. The van der Waals surface area contributed by atoms with Gasteiger partial charge in [-0.05, 0) is 61.0 Å². The van der Waals surface area contributed by atoms with E-state index >= 15 is 0 Å². The molecule has 30 heavy (non-hydrogen) atoms. The van der Waals surface area contributed by atoms with Crippen molar-refractivity contribution >= 4 is 5.91 Å². The summed E-state index contributed by atoms with van der Waals surface area (Å²) in [5.74, 6) is 2.28. The number of nitriles is 1. The molecule has 0 bridgehead atoms. The summed E-state index contributed by atoms with van der Waals surface area (Å²) >= 11 is 0. The average molecular weight is 406 g/mol. The summed E-state index contributed by atoms with van der Waals surface area (Å²) in [4.78, 5) is 12.4. The highest BCUT2D eigenvalue weighted by atomic mass is 16.5. The topological polar surface area (TPSA) is 93.7 Å². The van der Waals surface area contributed by atoms with Crippen LogP contribution in [0.3, 0.4) is 0 Å². The summed E-state index contributed by atoms with van der Waals surface area (Å²) in [5, 5.41) is 11.6. The number of ether oxygens (including phenoxy) is 3. The molecule has 2 aromatic carbocycles. The van der Waals surface area contributed by atoms with Crippen LogP contribution in [0.25, 0.3) is 0 Å². The number of furan rings is 1. The van der Waals surface area contributed by atoms with E-state index in [4.69, 9.17) is 23.9 Å². The Bertz CT molecular complexity index is 1030. The third-order valence-corrected chi connectivity index (χ3v) is 4.23. The van der Waals surface area contributed by atoms with Crippen LogP contribution >= 0.6 is 0 Å². The average Bonchev–Trinajstić information content (AvgIpc) is 3.26. The first kappa shape index (κ1) is 20.8. The van der Waals surface area contributed by atoms with Gasteiger partial charge >= 0.3 is 0 Å². The van der Waals surface area contributed by atoms with Gasteiger partial charge in [-0.25, -0.2) is 0 Å². The summed E-state index contributed by atoms with van der Waals surface area (Å²) in [5.41, 5.74) is 1.43. The van der Waals surface area contributed by atoms with Crippen molar-refractivity contribution in [1.82, 2.24) is 5.32 Å². The van der Waals surface area contributed by atoms with E-state index in [0.29, 0.717) is 41.7 Å². The zero-order valence-electron chi connectivity index (χ0n) is 16.8. The minimum Gasteiger partial charge on any atom is -0.493 e. The quantitative estimate of drug-likeness (QED) is 0.576. The smallest absolute Gasteiger partial charge is 0.287 e. The normalized spacial score (nSPS) is 10.2. The van der Waals surface area contributed by atoms with Gasteiger partial charge in [0.05, 0.1) is 25.3 Å². The van der Waals surface area contributed by atoms with E-state index < -0.39 is 0 Å². The molecule has 0 aliphatic heterocycles. The number of nitrogens with zero attached hydrogens (tertiary/aromatic N) is 1. The highest BCUT2D eigenvalue weighted by Crippen LogP contribution is 2.28. The van der Waals surface area contributed by atoms with Crippen LogP contribution in [0, 0.1) is 11.3 Å². The van der Waals surface area contributed by atoms with Crippen molar-refractivity contribution in [2.24, 2.45) is 0 Å². The number of carbonyl (C=O) groups is 1. The standard InChI is InChI=1S/C23H22N2O5/c1-3-28-20-10-6-17(12-22(20)27-2)14-25-23(26)21-11-9-19(30-21)15-29-18-7-4-16(13-24)5-8-18/h4-12H,3,14-15H2,1-2H3,(H,25,26). The van der Waals surface area contributed by atoms with Crippen LogP contribution < -0.4 is 19.5 Å². The van der Waals surface area contributed by atoms with Gasteiger partial charge < -0.3 is 23.9 Å². The molecule has 154 valence electrons. The van der Waals surface area contributed by atoms with Crippen LogP contribution in [-0.4, -0.2) is 19.6 Å². The van der Waals surface area contributed by atoms with Crippen molar-refractivity contribution in [3.63, 3.8) is 0 Å². The van der Waals surface area contributed by atoms with Crippen molar-refractivity contribution in [2.45, 2.75) is 20.1 Å². The van der Waals surface area contributed by atoms with Crippen molar-refractivity contribution < 1.29 is 23.4 Å². The fourth-order valence-corrected chi connectivity index (χ4v) is 2.72. The Hall–Kier alpha value is -3.92. The maximum Gasteiger partial charge on any atom is 0.287 e. The van der Waals surface area contributed by atoms with Crippen LogP contribution in [0.1, 0.15) is 34.4 Å². The number of carbonyl (C=O) groups excluding carboxylic acids is 1. The van der Waals surface area contributed by atoms with Gasteiger partial charge in [0, 0.05) is 6.54 Å². The van der Waals surface area contributed by atoms with E-state index in [2.05, 4.69) is 11.4 Å². The van der Waals surface area contributed by atoms with Gasteiger partial charge in [0.2, 0.25) is 0 Å². The minimum atomic E-state index is -0.326. The number of nitrogens with one attached hydrogen (secondary N) is 1. The highest BCUT2D eigenvalue weighted by Gasteiger charge is 2.12. The molecule has 7 heteroatoms. The Kier molecular flexibility index (Phi) is 6.95. The highest BCUT2D eigenvalue weighted by molar-refractivity contribution is 5.91. The zero-order valence-corrected chi connectivity index (χ0v) is 16.8. The lowest BCUT2D eigenvalue weighted by atomic mass is 10.2. The molecule has 0 atom stereocenters. The molecule has 0 aliphatic rings. The van der Waals surface area contributed by atoms with Crippen LogP contribution in [0.4, 0.5) is 0 Å². The Labute approximate surface area is 174 Å². The predicted molar refractivity (Wildman–Crippen MR) is 110 cm³/mol. The zero-order chi connectivity index (χ0) is 21.3. The summed E-state index contributed by atoms with van der Waals surface area (Å²) in [6.07, 6.45) is 0. The van der Waals surface area contributed by atoms with Crippen LogP contribution in [-0.2, 0) is 13.2 Å². The minimum absolute atomic E-state index is 0.176. The van der Waals surface area contributed by atoms with Gasteiger partial charge in [0.25, 0.3) is 5.91 Å². The number of hydrogen-bond acceptors (Lipinski definition) is 6. The summed E-state index contributed by atoms with van der Waals surface area (Å²) in [7, 11) is 1.57. The molecule has 1 amide bonds. The Balaban J connectivity index is 1.54. The molecule has 0 fully saturated rings. The van der Waals surface area contributed by atoms with E-state index in [9.17, 15) is 4.79 Å². The number of methoxy groups -OCH3 is 1. The van der Waals surface area contributed by atoms with E-state index in [1.54, 1.807) is 43.5 Å². The molecule has 1 heterocycles. The number of benzene rings is 2. The Morgan fingerprint density at radius 1 is 1.07 bits per heavy atom. The second kappa shape index (κ2) is 10.0. The first-order valence-electron chi connectivity index (χ1n) is 9.42. The van der Waals surface area contributed by atoms with E-state index in [0.717, 1.165) is 5.56 Å². The van der Waals surface area contributed by atoms with Gasteiger partial charge in [-0.1, -0.05) is 6.07 Å². The lowest BCUT2D eigenvalue weighted by molar-refractivity contribution is 0.0919. The molecule has 0 spiro atoms. The fraction of sp³-hybridized carbons (Fsp3) is 0.217. The lowest BCUT2D eigenvalue weighted by Crippen LogP contribution is -2.22. The van der Waals surface area contributed by atoms with E-state index in [1.165, 1.54) is 0 Å². The summed E-state index contributed by atoms with van der Waals surface area (Å²) in [6.45, 7) is 2.94. The Morgan fingerprint density at radius 3 is 2.57 bits per heavy atom. The van der Waals surface area contributed by atoms with E-state index in [-0.39, 0.29) is 18.3 Å². The van der Waals surface area contributed by atoms with Gasteiger partial charge in [-0.3, -0.25) is 4.79 Å². The molecule has 3 aromatic rings. The maximum absolute atomic E-state index is 12.4. The van der Waals surface area contributed by atoms with Gasteiger partial charge in [-0.15, -0.1) is 0 Å². The molecule has 3 rings (SSSR count). The second-order valence-electron chi connectivity index (χ2n) is 6.29. The molecule has 0 saturated carbocycles. The van der Waals surface area contributed by atoms with Gasteiger partial charge in [-0.2, -0.15) is 5.26 Å². The largest absolute Gasteiger partial charge is 0.493 e. The molecule has 1 N–H and O–H groups in total. The molecule has 0 radical (unpaired) electrons. The molecule has 0 saturated heterocycles. The fourth-order valence-electron chi connectivity index (χ4n) is 2.72. The van der Waals surface area contributed by atoms with Crippen molar-refractivity contribution in [3.05, 3.63) is 77.2 Å². The Morgan fingerprint density at radius 2 is 1.87 bits per heavy atom. The third kappa shape index (κ3) is 5.32. The number of amides is 1. The second-order valence-corrected chi connectivity index (χ2v) is 6.29. The molecule has 1 aromatic heterocycles. The first-order valence-corrected chi connectivity index (χ1v) is 9.42. The third-order valence-electron chi connectivity index (χ3n) is 4.23.